The van der Waals surface area contributed by atoms with Crippen LogP contribution in [0.3, 0.4) is 0 Å². The lowest BCUT2D eigenvalue weighted by atomic mass is 10.0. The van der Waals surface area contributed by atoms with Crippen LogP contribution in [-0.4, -0.2) is 73.4 Å². The second kappa shape index (κ2) is 44.9. The second-order valence-corrected chi connectivity index (χ2v) is 20.7. The van der Waals surface area contributed by atoms with Gasteiger partial charge in [-0.05, 0) is 38.5 Å². The molecule has 9 heteroatoms. The van der Waals surface area contributed by atoms with Crippen molar-refractivity contribution < 1.29 is 32.9 Å². The predicted molar refractivity (Wildman–Crippen MR) is 268 cm³/mol. The second-order valence-electron chi connectivity index (χ2n) is 19.2. The van der Waals surface area contributed by atoms with E-state index < -0.39 is 20.0 Å². The molecule has 1 amide bonds. The molecular formula is C53H104N2O6P+. The molecule has 0 fully saturated rings. The zero-order valence-corrected chi connectivity index (χ0v) is 42.5. The van der Waals surface area contributed by atoms with Crippen LogP contribution in [-0.2, 0) is 18.4 Å². The van der Waals surface area contributed by atoms with Gasteiger partial charge < -0.3 is 19.8 Å². The van der Waals surface area contributed by atoms with Crippen molar-refractivity contribution in [1.82, 2.24) is 5.32 Å². The Balaban J connectivity index is 4.04. The first-order valence-corrected chi connectivity index (χ1v) is 27.9. The average molecular weight is 896 g/mol. The lowest BCUT2D eigenvalue weighted by molar-refractivity contribution is -0.870. The number of unbranched alkanes of at least 4 members (excludes halogenated alkanes) is 31. The highest BCUT2D eigenvalue weighted by molar-refractivity contribution is 7.47. The molecule has 366 valence electrons. The Morgan fingerprint density at radius 1 is 0.532 bits per heavy atom. The van der Waals surface area contributed by atoms with Gasteiger partial charge in [0.15, 0.2) is 0 Å². The third-order valence-corrected chi connectivity index (χ3v) is 12.8. The molecule has 0 radical (unpaired) electrons. The average Bonchev–Trinajstić information content (AvgIpc) is 3.23. The molecule has 0 aliphatic carbocycles. The Hall–Kier alpha value is -1.28. The summed E-state index contributed by atoms with van der Waals surface area (Å²) in [7, 11) is 1.55. The van der Waals surface area contributed by atoms with Crippen LogP contribution in [0.4, 0.5) is 0 Å². The fourth-order valence-corrected chi connectivity index (χ4v) is 8.41. The molecule has 8 nitrogen and oxygen atoms in total. The normalized spacial score (nSPS) is 14.4. The molecular weight excluding hydrogens is 792 g/mol. The molecule has 0 aromatic rings. The van der Waals surface area contributed by atoms with Crippen LogP contribution < -0.4 is 5.32 Å². The minimum absolute atomic E-state index is 0.0545. The predicted octanol–water partition coefficient (Wildman–Crippen LogP) is 15.4. The van der Waals surface area contributed by atoms with Gasteiger partial charge in [-0.3, -0.25) is 13.8 Å². The van der Waals surface area contributed by atoms with Crippen molar-refractivity contribution in [2.45, 2.75) is 257 Å². The van der Waals surface area contributed by atoms with Crippen LogP contribution in [0, 0.1) is 0 Å². The SMILES string of the molecule is CCC/C=C/CC/C=C/CC/C=C/C(O)C(COP(=O)(O)OCC[N+](C)(C)C)NC(=O)CCCCCCCCCCCCCCCCCCCCCCCCCCCCCCC. The Morgan fingerprint density at radius 2 is 0.887 bits per heavy atom. The number of phosphoric ester groups is 1. The van der Waals surface area contributed by atoms with Crippen molar-refractivity contribution in [3.63, 3.8) is 0 Å². The molecule has 3 atom stereocenters. The molecule has 0 aliphatic heterocycles. The highest BCUT2D eigenvalue weighted by atomic mass is 31.2. The van der Waals surface area contributed by atoms with Gasteiger partial charge in [-0.25, -0.2) is 4.57 Å². The number of nitrogens with one attached hydrogen (secondary N) is 1. The summed E-state index contributed by atoms with van der Waals surface area (Å²) in [5.74, 6) is -0.189. The number of rotatable bonds is 48. The van der Waals surface area contributed by atoms with Crippen molar-refractivity contribution in [3.8, 4) is 0 Å². The number of nitrogens with zero attached hydrogens (tertiary/aromatic N) is 1. The number of aliphatic hydroxyl groups is 1. The van der Waals surface area contributed by atoms with Crippen molar-refractivity contribution in [2.75, 3.05) is 40.9 Å². The minimum Gasteiger partial charge on any atom is -0.387 e. The van der Waals surface area contributed by atoms with E-state index in [0.717, 1.165) is 51.4 Å². The Kier molecular flexibility index (Phi) is 44.0. The highest BCUT2D eigenvalue weighted by Crippen LogP contribution is 2.43. The maximum atomic E-state index is 12.9. The molecule has 0 saturated heterocycles. The van der Waals surface area contributed by atoms with Crippen molar-refractivity contribution in [2.24, 2.45) is 0 Å². The molecule has 0 aromatic heterocycles. The van der Waals surface area contributed by atoms with E-state index in [1.165, 1.54) is 173 Å². The van der Waals surface area contributed by atoms with E-state index in [2.05, 4.69) is 43.5 Å². The summed E-state index contributed by atoms with van der Waals surface area (Å²) in [5, 5.41) is 13.8. The van der Waals surface area contributed by atoms with Gasteiger partial charge in [-0.1, -0.05) is 237 Å². The van der Waals surface area contributed by atoms with Crippen molar-refractivity contribution in [3.05, 3.63) is 36.5 Å². The van der Waals surface area contributed by atoms with Gasteiger partial charge in [0.25, 0.3) is 0 Å². The van der Waals surface area contributed by atoms with Crippen LogP contribution in [0.25, 0.3) is 0 Å². The number of carbonyl (C=O) groups excluding carboxylic acids is 1. The minimum atomic E-state index is -4.35. The van der Waals surface area contributed by atoms with E-state index in [4.69, 9.17) is 9.05 Å². The fraction of sp³-hybridized carbons (Fsp3) is 0.868. The summed E-state index contributed by atoms with van der Waals surface area (Å²) in [6, 6.07) is -0.865. The number of amides is 1. The standard InChI is InChI=1S/C53H103N2O6P/c1-6-8-10-12-14-16-18-19-20-21-22-23-24-25-26-27-28-29-30-31-32-33-34-35-37-39-41-43-45-47-53(57)54-51(50-61-62(58,59)60-49-48-55(3,4)5)52(56)46-44-42-40-38-36-17-15-13-11-9-7-2/h11,13,36,38,44,46,51-52,56H,6-10,12,14-35,37,39-43,45,47-50H2,1-5H3,(H-,54,57,58,59)/p+1/b13-11+,38-36+,46-44+. The van der Waals surface area contributed by atoms with Gasteiger partial charge >= 0.3 is 7.82 Å². The summed E-state index contributed by atoms with van der Waals surface area (Å²) in [6.45, 7) is 4.73. The molecule has 0 aliphatic rings. The first kappa shape index (κ1) is 60.7. The smallest absolute Gasteiger partial charge is 0.387 e. The van der Waals surface area contributed by atoms with E-state index in [-0.39, 0.29) is 19.1 Å². The molecule has 0 spiro atoms. The molecule has 0 rings (SSSR count). The number of hydrogen-bond acceptors (Lipinski definition) is 5. The topological polar surface area (TPSA) is 105 Å². The molecule has 3 N–H and O–H groups in total. The lowest BCUT2D eigenvalue weighted by Crippen LogP contribution is -2.45. The molecule has 0 bridgehead atoms. The summed E-state index contributed by atoms with van der Waals surface area (Å²) < 4.78 is 23.5. The van der Waals surface area contributed by atoms with Crippen molar-refractivity contribution in [1.29, 1.82) is 0 Å². The number of phosphoric acid groups is 1. The van der Waals surface area contributed by atoms with E-state index in [9.17, 15) is 19.4 Å². The number of quaternary nitrogens is 1. The third kappa shape index (κ3) is 46.7. The zero-order chi connectivity index (χ0) is 45.7. The number of carbonyl (C=O) groups is 1. The van der Waals surface area contributed by atoms with Crippen LogP contribution in [0.2, 0.25) is 0 Å². The van der Waals surface area contributed by atoms with Gasteiger partial charge in [-0.2, -0.15) is 0 Å². The van der Waals surface area contributed by atoms with E-state index >= 15 is 0 Å². The number of allylic oxidation sites excluding steroid dienone is 5. The van der Waals surface area contributed by atoms with Gasteiger partial charge in [0.2, 0.25) is 5.91 Å². The zero-order valence-electron chi connectivity index (χ0n) is 41.6. The maximum Gasteiger partial charge on any atom is 0.472 e. The summed E-state index contributed by atoms with van der Waals surface area (Å²) in [4.78, 5) is 23.1. The molecule has 0 saturated carbocycles. The van der Waals surface area contributed by atoms with Crippen molar-refractivity contribution >= 4 is 13.7 Å². The van der Waals surface area contributed by atoms with Gasteiger partial charge in [-0.15, -0.1) is 0 Å². The van der Waals surface area contributed by atoms with Crippen LogP contribution in [0.1, 0.15) is 245 Å². The Morgan fingerprint density at radius 3 is 1.26 bits per heavy atom. The van der Waals surface area contributed by atoms with E-state index in [0.29, 0.717) is 17.4 Å². The maximum absolute atomic E-state index is 12.9. The Labute approximate surface area is 385 Å². The summed E-state index contributed by atoms with van der Waals surface area (Å²) >= 11 is 0. The number of aliphatic hydroxyl groups excluding tert-OH is 1. The van der Waals surface area contributed by atoms with E-state index in [1.807, 2.05) is 27.2 Å². The van der Waals surface area contributed by atoms with Gasteiger partial charge in [0.1, 0.15) is 13.2 Å². The Bertz CT molecular complexity index is 1110. The monoisotopic (exact) mass is 896 g/mol. The van der Waals surface area contributed by atoms with Gasteiger partial charge in [0, 0.05) is 6.42 Å². The molecule has 3 unspecified atom stereocenters. The number of hydrogen-bond donors (Lipinski definition) is 3. The summed E-state index contributed by atoms with van der Waals surface area (Å²) in [5.41, 5.74) is 0. The molecule has 0 aromatic carbocycles. The van der Waals surface area contributed by atoms with Crippen LogP contribution in [0.5, 0.6) is 0 Å². The first-order chi connectivity index (χ1) is 30.0. The molecule has 62 heavy (non-hydrogen) atoms. The molecule has 0 heterocycles. The first-order valence-electron chi connectivity index (χ1n) is 26.4. The van der Waals surface area contributed by atoms with E-state index in [1.54, 1.807) is 6.08 Å². The van der Waals surface area contributed by atoms with Gasteiger partial charge in [0.05, 0.1) is 39.9 Å². The van der Waals surface area contributed by atoms with Crippen LogP contribution in [0.15, 0.2) is 36.5 Å². The largest absolute Gasteiger partial charge is 0.472 e. The fourth-order valence-electron chi connectivity index (χ4n) is 7.67. The highest BCUT2D eigenvalue weighted by Gasteiger charge is 2.27. The number of likely N-dealkylation sites (N-methyl/N-ethyl adjacent to an activating group) is 1. The quantitative estimate of drug-likeness (QED) is 0.0243. The lowest BCUT2D eigenvalue weighted by Gasteiger charge is -2.25. The summed E-state index contributed by atoms with van der Waals surface area (Å²) in [6.07, 6.45) is 56.9. The van der Waals surface area contributed by atoms with Crippen LogP contribution >= 0.6 is 7.82 Å². The third-order valence-electron chi connectivity index (χ3n) is 11.8.